The summed E-state index contributed by atoms with van der Waals surface area (Å²) in [6, 6.07) is 25.4. The number of alkyl halides is 1. The van der Waals surface area contributed by atoms with Gasteiger partial charge >= 0.3 is 0 Å². The number of benzene rings is 3. The molecule has 106 valence electrons. The van der Waals surface area contributed by atoms with Crippen molar-refractivity contribution in [3.05, 3.63) is 83.9 Å². The quantitative estimate of drug-likeness (QED) is 0.660. The maximum atomic E-state index is 6.12. The van der Waals surface area contributed by atoms with E-state index in [1.165, 1.54) is 21.9 Å². The van der Waals surface area contributed by atoms with Crippen LogP contribution in [0.2, 0.25) is 0 Å². The highest BCUT2D eigenvalue weighted by Crippen LogP contribution is 2.20. The van der Waals surface area contributed by atoms with Gasteiger partial charge in [0.2, 0.25) is 0 Å². The van der Waals surface area contributed by atoms with Crippen molar-refractivity contribution in [1.82, 2.24) is 5.32 Å². The molecule has 0 spiro atoms. The zero-order valence-electron chi connectivity index (χ0n) is 11.8. The van der Waals surface area contributed by atoms with Crippen LogP contribution < -0.4 is 5.32 Å². The molecule has 0 amide bonds. The largest absolute Gasteiger partial charge is 0.305 e. The highest BCUT2D eigenvalue weighted by Gasteiger charge is 2.09. The fourth-order valence-electron chi connectivity index (χ4n) is 2.63. The zero-order chi connectivity index (χ0) is 14.5. The van der Waals surface area contributed by atoms with Gasteiger partial charge < -0.3 is 5.32 Å². The van der Waals surface area contributed by atoms with Crippen molar-refractivity contribution in [3.8, 4) is 0 Å². The summed E-state index contributed by atoms with van der Waals surface area (Å²) >= 11 is 6.12. The molecule has 0 saturated heterocycles. The van der Waals surface area contributed by atoms with E-state index in [-0.39, 0.29) is 6.04 Å². The van der Waals surface area contributed by atoms with Crippen LogP contribution in [-0.4, -0.2) is 5.88 Å². The monoisotopic (exact) mass is 295 g/mol. The number of fused-ring (bicyclic) bond motifs is 1. The van der Waals surface area contributed by atoms with Crippen molar-refractivity contribution in [2.45, 2.75) is 12.6 Å². The predicted molar refractivity (Wildman–Crippen MR) is 90.7 cm³/mol. The van der Waals surface area contributed by atoms with Gasteiger partial charge in [-0.05, 0) is 21.9 Å². The Balaban J connectivity index is 1.79. The second kappa shape index (κ2) is 6.75. The number of rotatable bonds is 5. The molecule has 1 nitrogen and oxygen atoms in total. The average molecular weight is 296 g/mol. The van der Waals surface area contributed by atoms with Gasteiger partial charge in [0.1, 0.15) is 0 Å². The molecule has 0 fully saturated rings. The number of hydrogen-bond acceptors (Lipinski definition) is 1. The van der Waals surface area contributed by atoms with E-state index in [4.69, 9.17) is 11.6 Å². The molecule has 0 radical (unpaired) electrons. The minimum atomic E-state index is 0.173. The van der Waals surface area contributed by atoms with E-state index < -0.39 is 0 Å². The summed E-state index contributed by atoms with van der Waals surface area (Å²) in [5.41, 5.74) is 2.53. The fraction of sp³-hybridized carbons (Fsp3) is 0.158. The molecule has 0 aliphatic heterocycles. The Morgan fingerprint density at radius 2 is 1.52 bits per heavy atom. The third-order valence-electron chi connectivity index (χ3n) is 3.78. The van der Waals surface area contributed by atoms with Crippen molar-refractivity contribution < 1.29 is 0 Å². The van der Waals surface area contributed by atoms with Gasteiger partial charge in [0.15, 0.2) is 0 Å². The van der Waals surface area contributed by atoms with Crippen molar-refractivity contribution in [1.29, 1.82) is 0 Å². The first-order valence-corrected chi connectivity index (χ1v) is 7.73. The van der Waals surface area contributed by atoms with E-state index in [9.17, 15) is 0 Å². The summed E-state index contributed by atoms with van der Waals surface area (Å²) < 4.78 is 0. The molecule has 0 heterocycles. The molecule has 21 heavy (non-hydrogen) atoms. The lowest BCUT2D eigenvalue weighted by molar-refractivity contribution is 0.581. The molecule has 1 unspecified atom stereocenters. The van der Waals surface area contributed by atoms with Gasteiger partial charge in [-0.25, -0.2) is 0 Å². The van der Waals surface area contributed by atoms with Crippen molar-refractivity contribution in [2.24, 2.45) is 0 Å². The van der Waals surface area contributed by atoms with Crippen LogP contribution in [-0.2, 0) is 6.54 Å². The minimum Gasteiger partial charge on any atom is -0.305 e. The summed E-state index contributed by atoms with van der Waals surface area (Å²) in [5, 5.41) is 6.14. The van der Waals surface area contributed by atoms with E-state index in [1.807, 2.05) is 6.07 Å². The summed E-state index contributed by atoms with van der Waals surface area (Å²) in [4.78, 5) is 0. The molecule has 3 rings (SSSR count). The SMILES string of the molecule is ClCC(NCc1cccc2ccccc12)c1ccccc1. The Labute approximate surface area is 130 Å². The van der Waals surface area contributed by atoms with Gasteiger partial charge in [0.05, 0.1) is 0 Å². The van der Waals surface area contributed by atoms with E-state index in [0.29, 0.717) is 5.88 Å². The molecule has 1 N–H and O–H groups in total. The molecular weight excluding hydrogens is 278 g/mol. The lowest BCUT2D eigenvalue weighted by atomic mass is 10.0. The zero-order valence-corrected chi connectivity index (χ0v) is 12.6. The Morgan fingerprint density at radius 1 is 0.810 bits per heavy atom. The van der Waals surface area contributed by atoms with Gasteiger partial charge in [-0.1, -0.05) is 72.8 Å². The molecule has 2 heteroatoms. The Hall–Kier alpha value is -1.83. The van der Waals surface area contributed by atoms with Crippen LogP contribution in [0, 0.1) is 0 Å². The molecule has 0 saturated carbocycles. The van der Waals surface area contributed by atoms with Crippen LogP contribution >= 0.6 is 11.6 Å². The predicted octanol–water partition coefficient (Wildman–Crippen LogP) is 4.91. The van der Waals surface area contributed by atoms with Crippen LogP contribution in [0.3, 0.4) is 0 Å². The molecule has 3 aromatic carbocycles. The second-order valence-electron chi connectivity index (χ2n) is 5.14. The molecule has 0 aromatic heterocycles. The van der Waals surface area contributed by atoms with E-state index in [1.54, 1.807) is 0 Å². The van der Waals surface area contributed by atoms with Gasteiger partial charge in [0, 0.05) is 18.5 Å². The summed E-state index contributed by atoms with van der Waals surface area (Å²) in [6.07, 6.45) is 0. The van der Waals surface area contributed by atoms with Gasteiger partial charge in [-0.3, -0.25) is 0 Å². The van der Waals surface area contributed by atoms with E-state index in [2.05, 4.69) is 72.0 Å². The normalized spacial score (nSPS) is 12.4. The van der Waals surface area contributed by atoms with Crippen molar-refractivity contribution in [3.63, 3.8) is 0 Å². The van der Waals surface area contributed by atoms with Crippen LogP contribution in [0.5, 0.6) is 0 Å². The third kappa shape index (κ3) is 3.26. The first-order chi connectivity index (χ1) is 10.4. The minimum absolute atomic E-state index is 0.173. The van der Waals surface area contributed by atoms with Crippen LogP contribution in [0.25, 0.3) is 10.8 Å². The maximum absolute atomic E-state index is 6.12. The number of halogens is 1. The Kier molecular flexibility index (Phi) is 4.54. The van der Waals surface area contributed by atoms with Gasteiger partial charge in [-0.15, -0.1) is 11.6 Å². The standard InChI is InChI=1S/C19H18ClN/c20-13-19(16-8-2-1-3-9-16)21-14-17-11-6-10-15-7-4-5-12-18(15)17/h1-12,19,21H,13-14H2. The first kappa shape index (κ1) is 14.1. The summed E-state index contributed by atoms with van der Waals surface area (Å²) in [7, 11) is 0. The average Bonchev–Trinajstić information content (AvgIpc) is 2.56. The van der Waals surface area contributed by atoms with E-state index >= 15 is 0 Å². The van der Waals surface area contributed by atoms with E-state index in [0.717, 1.165) is 6.54 Å². The van der Waals surface area contributed by atoms with Crippen molar-refractivity contribution >= 4 is 22.4 Å². The first-order valence-electron chi connectivity index (χ1n) is 7.19. The number of nitrogens with one attached hydrogen (secondary N) is 1. The molecule has 0 aliphatic carbocycles. The molecule has 0 bridgehead atoms. The Morgan fingerprint density at radius 3 is 2.33 bits per heavy atom. The second-order valence-corrected chi connectivity index (χ2v) is 5.45. The Bertz CT molecular complexity index is 704. The molecule has 0 aliphatic rings. The molecule has 1 atom stereocenters. The maximum Gasteiger partial charge on any atom is 0.0460 e. The lowest BCUT2D eigenvalue weighted by Crippen LogP contribution is -2.22. The smallest absolute Gasteiger partial charge is 0.0460 e. The third-order valence-corrected chi connectivity index (χ3v) is 4.08. The molecule has 3 aromatic rings. The van der Waals surface area contributed by atoms with Crippen molar-refractivity contribution in [2.75, 3.05) is 5.88 Å². The fourth-order valence-corrected chi connectivity index (χ4v) is 2.91. The van der Waals surface area contributed by atoms with Crippen LogP contribution in [0.15, 0.2) is 72.8 Å². The highest BCUT2D eigenvalue weighted by atomic mass is 35.5. The van der Waals surface area contributed by atoms with Gasteiger partial charge in [0.25, 0.3) is 0 Å². The van der Waals surface area contributed by atoms with Gasteiger partial charge in [-0.2, -0.15) is 0 Å². The van der Waals surface area contributed by atoms with Crippen LogP contribution in [0.4, 0.5) is 0 Å². The summed E-state index contributed by atoms with van der Waals surface area (Å²) in [5.74, 6) is 0.564. The van der Waals surface area contributed by atoms with Crippen LogP contribution in [0.1, 0.15) is 17.2 Å². The lowest BCUT2D eigenvalue weighted by Gasteiger charge is -2.17. The summed E-state index contributed by atoms with van der Waals surface area (Å²) in [6.45, 7) is 0.813. The topological polar surface area (TPSA) is 12.0 Å². The number of hydrogen-bond donors (Lipinski definition) is 1. The highest BCUT2D eigenvalue weighted by molar-refractivity contribution is 6.18. The molecular formula is C19H18ClN.